The predicted octanol–water partition coefficient (Wildman–Crippen LogP) is 13.7. The maximum Gasteiger partial charge on any atom is 0.125 e. The smallest absolute Gasteiger partial charge is 0.125 e. The molecule has 0 spiro atoms. The van der Waals surface area contributed by atoms with Gasteiger partial charge in [0.05, 0.1) is 12.0 Å². The maximum absolute atomic E-state index is 6.30. The molecule has 1 aliphatic rings. The summed E-state index contributed by atoms with van der Waals surface area (Å²) in [5.74, 6) is 0.555. The third-order valence-electron chi connectivity index (χ3n) is 12.4. The average Bonchev–Trinajstić information content (AvgIpc) is 3.62. The Balaban J connectivity index is 1.07. The SMILES string of the molecule is NC(=NCc1ccc(-c2ccc3c(c2)c2ccccc2c2cccc(-c4ccc5c(c4)C(c4ccccc4)(c4ccccc4)c4ccccc4-5)c23)cc1)c1ccccc1. The molecule has 10 aromatic rings. The first-order valence-electron chi connectivity index (χ1n) is 20.4. The van der Waals surface area contributed by atoms with Crippen LogP contribution in [0.2, 0.25) is 0 Å². The van der Waals surface area contributed by atoms with E-state index in [1.165, 1.54) is 88.0 Å². The van der Waals surface area contributed by atoms with Gasteiger partial charge in [0.15, 0.2) is 0 Å². The number of rotatable bonds is 7. The molecule has 0 atom stereocenters. The normalized spacial score (nSPS) is 13.1. The van der Waals surface area contributed by atoms with Gasteiger partial charge in [-0.1, -0.05) is 206 Å². The van der Waals surface area contributed by atoms with E-state index in [2.05, 4.69) is 193 Å². The number of nitrogens with zero attached hydrogens (tertiary/aromatic N) is 1. The molecule has 0 aromatic heterocycles. The van der Waals surface area contributed by atoms with Gasteiger partial charge < -0.3 is 5.73 Å². The third-order valence-corrected chi connectivity index (χ3v) is 12.4. The fourth-order valence-corrected chi connectivity index (χ4v) is 9.72. The number of aliphatic imine (C=N–C) groups is 1. The molecular weight excluding hydrogens is 713 g/mol. The molecule has 10 aromatic carbocycles. The summed E-state index contributed by atoms with van der Waals surface area (Å²) in [7, 11) is 0. The van der Waals surface area contributed by atoms with Crippen LogP contribution in [-0.2, 0) is 12.0 Å². The van der Waals surface area contributed by atoms with Crippen LogP contribution in [0, 0.1) is 0 Å². The first-order valence-corrected chi connectivity index (χ1v) is 20.4. The molecule has 278 valence electrons. The van der Waals surface area contributed by atoms with E-state index in [1.54, 1.807) is 0 Å². The summed E-state index contributed by atoms with van der Waals surface area (Å²) in [5, 5.41) is 7.56. The highest BCUT2D eigenvalue weighted by atomic mass is 14.8. The molecule has 59 heavy (non-hydrogen) atoms. The van der Waals surface area contributed by atoms with Crippen molar-refractivity contribution in [1.82, 2.24) is 0 Å². The van der Waals surface area contributed by atoms with Gasteiger partial charge in [-0.15, -0.1) is 0 Å². The van der Waals surface area contributed by atoms with Crippen molar-refractivity contribution in [1.29, 1.82) is 0 Å². The fourth-order valence-electron chi connectivity index (χ4n) is 9.72. The summed E-state index contributed by atoms with van der Waals surface area (Å²) in [6.45, 7) is 0.532. The maximum atomic E-state index is 6.30. The number of hydrogen-bond donors (Lipinski definition) is 1. The van der Waals surface area contributed by atoms with Gasteiger partial charge in [0.1, 0.15) is 5.84 Å². The Kier molecular flexibility index (Phi) is 8.30. The van der Waals surface area contributed by atoms with Crippen molar-refractivity contribution in [3.05, 3.63) is 252 Å². The minimum absolute atomic E-state index is 0.463. The van der Waals surface area contributed by atoms with E-state index in [4.69, 9.17) is 5.73 Å². The lowest BCUT2D eigenvalue weighted by atomic mass is 9.67. The van der Waals surface area contributed by atoms with Crippen molar-refractivity contribution in [3.8, 4) is 33.4 Å². The van der Waals surface area contributed by atoms with Crippen LogP contribution in [0.3, 0.4) is 0 Å². The van der Waals surface area contributed by atoms with Crippen LogP contribution in [0.1, 0.15) is 33.4 Å². The Bertz CT molecular complexity index is 3180. The van der Waals surface area contributed by atoms with Crippen molar-refractivity contribution in [2.45, 2.75) is 12.0 Å². The zero-order chi connectivity index (χ0) is 39.3. The third kappa shape index (κ3) is 5.60. The lowest BCUT2D eigenvalue weighted by Gasteiger charge is -2.34. The minimum atomic E-state index is -0.463. The molecule has 0 fully saturated rings. The Morgan fingerprint density at radius 2 is 0.932 bits per heavy atom. The van der Waals surface area contributed by atoms with Crippen molar-refractivity contribution in [2.75, 3.05) is 0 Å². The van der Waals surface area contributed by atoms with E-state index in [-0.39, 0.29) is 0 Å². The molecule has 0 heterocycles. The average molecular weight is 753 g/mol. The van der Waals surface area contributed by atoms with E-state index in [0.717, 1.165) is 11.1 Å². The molecule has 0 saturated heterocycles. The minimum Gasteiger partial charge on any atom is -0.383 e. The second kappa shape index (κ2) is 14.1. The molecule has 0 aliphatic heterocycles. The first kappa shape index (κ1) is 34.7. The number of benzene rings is 10. The number of fused-ring (bicyclic) bond motifs is 9. The molecule has 0 bridgehead atoms. The van der Waals surface area contributed by atoms with Gasteiger partial charge in [-0.25, -0.2) is 0 Å². The van der Waals surface area contributed by atoms with Crippen LogP contribution in [0.15, 0.2) is 223 Å². The highest BCUT2D eigenvalue weighted by Crippen LogP contribution is 2.57. The van der Waals surface area contributed by atoms with Crippen LogP contribution in [0.25, 0.3) is 65.7 Å². The second-order valence-electron chi connectivity index (χ2n) is 15.6. The van der Waals surface area contributed by atoms with Gasteiger partial charge in [-0.2, -0.15) is 0 Å². The molecule has 1 aliphatic carbocycles. The summed E-state index contributed by atoms with van der Waals surface area (Å²) < 4.78 is 0. The molecule has 2 nitrogen and oxygen atoms in total. The monoisotopic (exact) mass is 752 g/mol. The molecule has 0 radical (unpaired) electrons. The van der Waals surface area contributed by atoms with E-state index in [0.29, 0.717) is 12.4 Å². The summed E-state index contributed by atoms with van der Waals surface area (Å²) in [5.41, 5.74) is 20.5. The largest absolute Gasteiger partial charge is 0.383 e. The summed E-state index contributed by atoms with van der Waals surface area (Å²) in [6, 6.07) is 79.6. The Labute approximate surface area is 344 Å². The molecule has 0 saturated carbocycles. The zero-order valence-electron chi connectivity index (χ0n) is 32.5. The summed E-state index contributed by atoms with van der Waals surface area (Å²) in [4.78, 5) is 4.67. The van der Waals surface area contributed by atoms with Crippen LogP contribution in [0.5, 0.6) is 0 Å². The lowest BCUT2D eigenvalue weighted by molar-refractivity contribution is 0.769. The topological polar surface area (TPSA) is 38.4 Å². The van der Waals surface area contributed by atoms with Gasteiger partial charge in [0.2, 0.25) is 0 Å². The van der Waals surface area contributed by atoms with Gasteiger partial charge in [-0.05, 0) is 106 Å². The second-order valence-corrected chi connectivity index (χ2v) is 15.6. The van der Waals surface area contributed by atoms with E-state index in [1.807, 2.05) is 30.3 Å². The molecule has 2 N–H and O–H groups in total. The van der Waals surface area contributed by atoms with E-state index >= 15 is 0 Å². The Morgan fingerprint density at radius 3 is 1.66 bits per heavy atom. The highest BCUT2D eigenvalue weighted by molar-refractivity contribution is 6.28. The van der Waals surface area contributed by atoms with E-state index in [9.17, 15) is 0 Å². The molecule has 11 rings (SSSR count). The number of amidine groups is 1. The number of nitrogens with two attached hydrogens (primary N) is 1. The summed E-state index contributed by atoms with van der Waals surface area (Å²) in [6.07, 6.45) is 0. The Morgan fingerprint density at radius 1 is 0.390 bits per heavy atom. The fraction of sp³-hybridized carbons (Fsp3) is 0.0351. The van der Waals surface area contributed by atoms with Crippen LogP contribution >= 0.6 is 0 Å². The Hall–Kier alpha value is -7.55. The molecule has 0 amide bonds. The van der Waals surface area contributed by atoms with Gasteiger partial charge in [-0.3, -0.25) is 4.99 Å². The van der Waals surface area contributed by atoms with Gasteiger partial charge in [0, 0.05) is 5.56 Å². The molecular formula is C57H40N2. The summed E-state index contributed by atoms with van der Waals surface area (Å²) >= 11 is 0. The van der Waals surface area contributed by atoms with Crippen LogP contribution in [-0.4, -0.2) is 5.84 Å². The zero-order valence-corrected chi connectivity index (χ0v) is 32.5. The standard InChI is InChI=1S/C57H40N2/c58-56(40-15-4-1-5-16-40)59-37-38-27-29-39(30-28-38)41-31-34-51-52(35-41)47-22-11-10-21-46(47)50-25-14-24-45(55(50)51)42-32-33-49-48-23-12-13-26-53(48)57(54(49)36-42,43-17-6-2-7-18-43)44-19-8-3-9-20-44/h1-36H,37H2,(H2,58,59). The first-order chi connectivity index (χ1) is 29.2. The van der Waals surface area contributed by atoms with E-state index < -0.39 is 5.41 Å². The number of hydrogen-bond acceptors (Lipinski definition) is 1. The molecule has 2 heteroatoms. The van der Waals surface area contributed by atoms with Crippen molar-refractivity contribution in [2.24, 2.45) is 10.7 Å². The van der Waals surface area contributed by atoms with Crippen LogP contribution < -0.4 is 5.73 Å². The van der Waals surface area contributed by atoms with Crippen molar-refractivity contribution < 1.29 is 0 Å². The quantitative estimate of drug-likeness (QED) is 0.0983. The van der Waals surface area contributed by atoms with Crippen LogP contribution in [0.4, 0.5) is 0 Å². The van der Waals surface area contributed by atoms with Crippen molar-refractivity contribution in [3.63, 3.8) is 0 Å². The van der Waals surface area contributed by atoms with Gasteiger partial charge in [0.25, 0.3) is 0 Å². The lowest BCUT2D eigenvalue weighted by Crippen LogP contribution is -2.28. The highest BCUT2D eigenvalue weighted by Gasteiger charge is 2.46. The van der Waals surface area contributed by atoms with Crippen molar-refractivity contribution >= 4 is 38.2 Å². The molecule has 0 unspecified atom stereocenters. The van der Waals surface area contributed by atoms with Gasteiger partial charge >= 0.3 is 0 Å². The predicted molar refractivity (Wildman–Crippen MR) is 248 cm³/mol.